The zero-order chi connectivity index (χ0) is 14.1. The number of anilines is 1. The fourth-order valence-corrected chi connectivity index (χ4v) is 2.57. The minimum absolute atomic E-state index is 0.469. The Morgan fingerprint density at radius 1 is 1.15 bits per heavy atom. The van der Waals surface area contributed by atoms with E-state index in [0.29, 0.717) is 12.4 Å². The molecule has 0 bridgehead atoms. The fraction of sp³-hybridized carbons (Fsp3) is 0.188. The number of nitrogens with one attached hydrogen (secondary N) is 1. The molecule has 0 radical (unpaired) electrons. The van der Waals surface area contributed by atoms with Gasteiger partial charge < -0.3 is 9.88 Å². The van der Waals surface area contributed by atoms with Crippen LogP contribution >= 0.6 is 0 Å². The number of para-hydroxylation sites is 1. The van der Waals surface area contributed by atoms with E-state index in [1.807, 2.05) is 19.2 Å². The second kappa shape index (κ2) is 4.96. The predicted molar refractivity (Wildman–Crippen MR) is 79.2 cm³/mol. The van der Waals surface area contributed by atoms with Gasteiger partial charge >= 0.3 is 0 Å². The van der Waals surface area contributed by atoms with Gasteiger partial charge in [-0.1, -0.05) is 24.3 Å². The molecule has 2 aromatic heterocycles. The van der Waals surface area contributed by atoms with Gasteiger partial charge in [-0.05, 0) is 30.7 Å². The summed E-state index contributed by atoms with van der Waals surface area (Å²) in [5, 5.41) is 4.42. The molecule has 20 heavy (non-hydrogen) atoms. The van der Waals surface area contributed by atoms with Crippen LogP contribution in [-0.4, -0.2) is 9.55 Å². The highest BCUT2D eigenvalue weighted by Gasteiger charge is 2.10. The van der Waals surface area contributed by atoms with Gasteiger partial charge in [-0.2, -0.15) is 4.39 Å². The number of nitrogens with zero attached hydrogens (tertiary/aromatic N) is 2. The highest BCUT2D eigenvalue weighted by Crippen LogP contribution is 2.24. The molecule has 0 fully saturated rings. The van der Waals surface area contributed by atoms with Crippen LogP contribution in [0.25, 0.3) is 10.9 Å². The number of rotatable bonds is 3. The van der Waals surface area contributed by atoms with Crippen LogP contribution in [0.1, 0.15) is 11.3 Å². The van der Waals surface area contributed by atoms with Gasteiger partial charge in [0.1, 0.15) is 5.82 Å². The van der Waals surface area contributed by atoms with E-state index < -0.39 is 5.95 Å². The number of fused-ring (bicyclic) bond motifs is 1. The molecule has 2 heterocycles. The molecule has 0 aliphatic heterocycles. The zero-order valence-electron chi connectivity index (χ0n) is 11.5. The lowest BCUT2D eigenvalue weighted by Crippen LogP contribution is -2.07. The lowest BCUT2D eigenvalue weighted by Gasteiger charge is -2.08. The quantitative estimate of drug-likeness (QED) is 0.736. The molecule has 0 atom stereocenters. The Balaban J connectivity index is 1.91. The van der Waals surface area contributed by atoms with Crippen LogP contribution in [0.15, 0.2) is 42.5 Å². The van der Waals surface area contributed by atoms with Crippen LogP contribution in [0.2, 0.25) is 0 Å². The molecule has 0 amide bonds. The van der Waals surface area contributed by atoms with E-state index in [0.717, 1.165) is 0 Å². The van der Waals surface area contributed by atoms with E-state index in [4.69, 9.17) is 0 Å². The highest BCUT2D eigenvalue weighted by atomic mass is 19.1. The van der Waals surface area contributed by atoms with E-state index in [-0.39, 0.29) is 0 Å². The maximum atomic E-state index is 13.1. The van der Waals surface area contributed by atoms with Crippen molar-refractivity contribution in [1.29, 1.82) is 0 Å². The summed E-state index contributed by atoms with van der Waals surface area (Å²) in [5.41, 5.74) is 3.62. The standard InChI is InChI=1S/C16H16FN3/c1-11-12-6-3-4-7-13(12)20(2)14(11)10-18-16-9-5-8-15(17)19-16/h3-9H,10H2,1-2H3,(H,18,19). The monoisotopic (exact) mass is 269 g/mol. The van der Waals surface area contributed by atoms with Gasteiger partial charge in [-0.3, -0.25) is 0 Å². The number of aryl methyl sites for hydroxylation is 2. The maximum Gasteiger partial charge on any atom is 0.214 e. The Morgan fingerprint density at radius 2 is 1.95 bits per heavy atom. The Hall–Kier alpha value is -2.36. The third-order valence-electron chi connectivity index (χ3n) is 3.66. The van der Waals surface area contributed by atoms with Crippen LogP contribution in [0.5, 0.6) is 0 Å². The van der Waals surface area contributed by atoms with Crippen molar-refractivity contribution in [3.05, 3.63) is 59.7 Å². The first-order valence-corrected chi connectivity index (χ1v) is 6.56. The van der Waals surface area contributed by atoms with Gasteiger partial charge in [-0.25, -0.2) is 4.98 Å². The summed E-state index contributed by atoms with van der Waals surface area (Å²) < 4.78 is 15.2. The first-order chi connectivity index (χ1) is 9.66. The van der Waals surface area contributed by atoms with E-state index in [9.17, 15) is 4.39 Å². The number of aromatic nitrogens is 2. The summed E-state index contributed by atoms with van der Waals surface area (Å²) in [4.78, 5) is 3.81. The van der Waals surface area contributed by atoms with E-state index in [1.165, 1.54) is 28.2 Å². The van der Waals surface area contributed by atoms with Gasteiger partial charge in [0.05, 0.1) is 6.54 Å². The van der Waals surface area contributed by atoms with Gasteiger partial charge in [0.15, 0.2) is 0 Å². The average Bonchev–Trinajstić information content (AvgIpc) is 2.70. The number of hydrogen-bond acceptors (Lipinski definition) is 2. The minimum Gasteiger partial charge on any atom is -0.364 e. The average molecular weight is 269 g/mol. The molecular weight excluding hydrogens is 253 g/mol. The molecule has 3 rings (SSSR count). The normalized spacial score (nSPS) is 10.9. The van der Waals surface area contributed by atoms with Gasteiger partial charge in [0.25, 0.3) is 0 Å². The van der Waals surface area contributed by atoms with Gasteiger partial charge in [-0.15, -0.1) is 0 Å². The lowest BCUT2D eigenvalue weighted by atomic mass is 10.1. The van der Waals surface area contributed by atoms with E-state index >= 15 is 0 Å². The summed E-state index contributed by atoms with van der Waals surface area (Å²) in [7, 11) is 2.05. The van der Waals surface area contributed by atoms with Crippen LogP contribution in [0.4, 0.5) is 10.2 Å². The molecule has 1 aromatic carbocycles. The Morgan fingerprint density at radius 3 is 2.70 bits per heavy atom. The molecule has 0 saturated carbocycles. The van der Waals surface area contributed by atoms with Crippen LogP contribution in [0, 0.1) is 12.9 Å². The Labute approximate surface area is 117 Å². The summed E-state index contributed by atoms with van der Waals surface area (Å²) in [5.74, 6) is 0.0819. The third kappa shape index (κ3) is 2.13. The maximum absolute atomic E-state index is 13.1. The van der Waals surface area contributed by atoms with Crippen molar-refractivity contribution in [2.24, 2.45) is 7.05 Å². The van der Waals surface area contributed by atoms with Crippen molar-refractivity contribution in [3.8, 4) is 0 Å². The molecule has 4 heteroatoms. The number of pyridine rings is 1. The fourth-order valence-electron chi connectivity index (χ4n) is 2.57. The molecule has 1 N–H and O–H groups in total. The highest BCUT2D eigenvalue weighted by molar-refractivity contribution is 5.85. The third-order valence-corrected chi connectivity index (χ3v) is 3.66. The minimum atomic E-state index is -0.469. The molecule has 3 aromatic rings. The van der Waals surface area contributed by atoms with Crippen molar-refractivity contribution < 1.29 is 4.39 Å². The first-order valence-electron chi connectivity index (χ1n) is 6.56. The van der Waals surface area contributed by atoms with Gasteiger partial charge in [0, 0.05) is 23.6 Å². The van der Waals surface area contributed by atoms with Crippen molar-refractivity contribution in [2.45, 2.75) is 13.5 Å². The summed E-state index contributed by atoms with van der Waals surface area (Å²) >= 11 is 0. The molecule has 0 aliphatic rings. The molecular formula is C16H16FN3. The summed E-state index contributed by atoms with van der Waals surface area (Å²) in [6, 6.07) is 13.1. The topological polar surface area (TPSA) is 29.9 Å². The molecule has 3 nitrogen and oxygen atoms in total. The molecule has 0 aliphatic carbocycles. The van der Waals surface area contributed by atoms with Crippen LogP contribution in [0.3, 0.4) is 0 Å². The summed E-state index contributed by atoms with van der Waals surface area (Å²) in [6.45, 7) is 2.73. The van der Waals surface area contributed by atoms with Crippen molar-refractivity contribution in [3.63, 3.8) is 0 Å². The van der Waals surface area contributed by atoms with Gasteiger partial charge in [0.2, 0.25) is 5.95 Å². The van der Waals surface area contributed by atoms with Crippen molar-refractivity contribution in [1.82, 2.24) is 9.55 Å². The zero-order valence-corrected chi connectivity index (χ0v) is 11.5. The number of benzene rings is 1. The lowest BCUT2D eigenvalue weighted by molar-refractivity contribution is 0.585. The van der Waals surface area contributed by atoms with Crippen molar-refractivity contribution in [2.75, 3.05) is 5.32 Å². The number of halogens is 1. The first kappa shape index (κ1) is 12.7. The second-order valence-corrected chi connectivity index (χ2v) is 4.85. The Bertz CT molecular complexity index is 723. The largest absolute Gasteiger partial charge is 0.364 e. The molecule has 0 spiro atoms. The second-order valence-electron chi connectivity index (χ2n) is 4.85. The predicted octanol–water partition coefficient (Wildman–Crippen LogP) is 3.63. The molecule has 102 valence electrons. The van der Waals surface area contributed by atoms with Crippen LogP contribution in [-0.2, 0) is 13.6 Å². The number of hydrogen-bond donors (Lipinski definition) is 1. The Kier molecular flexibility index (Phi) is 3.14. The SMILES string of the molecule is Cc1c(CNc2cccc(F)n2)n(C)c2ccccc12. The molecule has 0 saturated heterocycles. The molecule has 0 unspecified atom stereocenters. The smallest absolute Gasteiger partial charge is 0.214 e. The summed E-state index contributed by atoms with van der Waals surface area (Å²) in [6.07, 6.45) is 0. The van der Waals surface area contributed by atoms with Crippen LogP contribution < -0.4 is 5.32 Å². The van der Waals surface area contributed by atoms with Crippen molar-refractivity contribution >= 4 is 16.7 Å². The van der Waals surface area contributed by atoms with E-state index in [2.05, 4.69) is 33.9 Å². The van der Waals surface area contributed by atoms with E-state index in [1.54, 1.807) is 12.1 Å².